The van der Waals surface area contributed by atoms with Gasteiger partial charge in [0.2, 0.25) is 0 Å². The van der Waals surface area contributed by atoms with Gasteiger partial charge in [-0.3, -0.25) is 0 Å². The third-order valence-corrected chi connectivity index (χ3v) is 8.36. The van der Waals surface area contributed by atoms with Crippen molar-refractivity contribution in [2.75, 3.05) is 0 Å². The highest BCUT2D eigenvalue weighted by atomic mass is 16.3. The lowest BCUT2D eigenvalue weighted by Crippen LogP contribution is -2.36. The second-order valence-electron chi connectivity index (χ2n) is 11.2. The Hall–Kier alpha value is -0.860. The summed E-state index contributed by atoms with van der Waals surface area (Å²) in [4.78, 5) is 0. The molecule has 0 aromatic heterocycles. The summed E-state index contributed by atoms with van der Waals surface area (Å²) >= 11 is 0. The molecule has 2 nitrogen and oxygen atoms in total. The Kier molecular flexibility index (Phi) is 7.16. The van der Waals surface area contributed by atoms with Crippen molar-refractivity contribution in [1.82, 2.24) is 0 Å². The Morgan fingerprint density at radius 3 is 2.69 bits per heavy atom. The monoisotopic (exact) mass is 400 g/mol. The normalized spacial score (nSPS) is 37.2. The molecular formula is C27H44O2. The van der Waals surface area contributed by atoms with Crippen molar-refractivity contribution in [3.05, 3.63) is 35.5 Å². The van der Waals surface area contributed by atoms with Crippen molar-refractivity contribution >= 4 is 0 Å². The van der Waals surface area contributed by atoms with E-state index in [1.165, 1.54) is 49.7 Å². The van der Waals surface area contributed by atoms with Gasteiger partial charge in [-0.2, -0.15) is 0 Å². The second-order valence-corrected chi connectivity index (χ2v) is 11.2. The standard InChI is InChI=1S/C27H44O2/c1-19-10-13-23(28)18-22(19)12-11-21-9-7-17-27(5)24(14-15-25(21)27)20(2)8-6-16-26(3,4)29/h11-12,20,23-25,28-29H,1,6-10,13-18H2,2-5H3/b21-11+,22-12-/t20?,23-,24?,25?,27?/m1/s1. The predicted octanol–water partition coefficient (Wildman–Crippen LogP) is 6.73. The van der Waals surface area contributed by atoms with E-state index in [0.29, 0.717) is 5.41 Å². The van der Waals surface area contributed by atoms with Crippen LogP contribution >= 0.6 is 0 Å². The quantitative estimate of drug-likeness (QED) is 0.518. The van der Waals surface area contributed by atoms with Crippen molar-refractivity contribution in [3.63, 3.8) is 0 Å². The van der Waals surface area contributed by atoms with Crippen molar-refractivity contribution in [2.24, 2.45) is 23.2 Å². The van der Waals surface area contributed by atoms with E-state index in [9.17, 15) is 10.2 Å². The number of rotatable bonds is 6. The Morgan fingerprint density at radius 1 is 1.21 bits per heavy atom. The maximum atomic E-state index is 10.0. The van der Waals surface area contributed by atoms with Gasteiger partial charge in [0.15, 0.2) is 0 Å². The summed E-state index contributed by atoms with van der Waals surface area (Å²) in [5.41, 5.74) is 4.02. The molecular weight excluding hydrogens is 356 g/mol. The fourth-order valence-corrected chi connectivity index (χ4v) is 6.67. The highest BCUT2D eigenvalue weighted by molar-refractivity contribution is 5.36. The Bertz CT molecular complexity index is 650. The molecule has 0 spiro atoms. The molecule has 3 aliphatic carbocycles. The van der Waals surface area contributed by atoms with Crippen LogP contribution < -0.4 is 0 Å². The van der Waals surface area contributed by atoms with E-state index < -0.39 is 5.60 Å². The maximum Gasteiger partial charge on any atom is 0.0591 e. The first-order chi connectivity index (χ1) is 13.6. The van der Waals surface area contributed by atoms with Gasteiger partial charge < -0.3 is 10.2 Å². The molecule has 0 radical (unpaired) electrons. The first-order valence-electron chi connectivity index (χ1n) is 12.1. The van der Waals surface area contributed by atoms with Crippen LogP contribution in [0.2, 0.25) is 0 Å². The van der Waals surface area contributed by atoms with Crippen LogP contribution in [0.3, 0.4) is 0 Å². The number of hydrogen-bond acceptors (Lipinski definition) is 2. The Balaban J connectivity index is 1.68. The van der Waals surface area contributed by atoms with Crippen molar-refractivity contribution < 1.29 is 10.2 Å². The largest absolute Gasteiger partial charge is 0.393 e. The van der Waals surface area contributed by atoms with Gasteiger partial charge in [0.05, 0.1) is 11.7 Å². The summed E-state index contributed by atoms with van der Waals surface area (Å²) in [6.45, 7) is 13.1. The Labute approximate surface area is 179 Å². The summed E-state index contributed by atoms with van der Waals surface area (Å²) in [6, 6.07) is 0. The van der Waals surface area contributed by atoms with Crippen LogP contribution in [0.4, 0.5) is 0 Å². The third-order valence-electron chi connectivity index (χ3n) is 8.36. The summed E-state index contributed by atoms with van der Waals surface area (Å²) in [5, 5.41) is 20.1. The minimum absolute atomic E-state index is 0.192. The lowest BCUT2D eigenvalue weighted by molar-refractivity contribution is 0.0596. The lowest BCUT2D eigenvalue weighted by atomic mass is 9.60. The zero-order chi connectivity index (χ0) is 21.2. The van der Waals surface area contributed by atoms with Crippen molar-refractivity contribution in [2.45, 2.75) is 110 Å². The van der Waals surface area contributed by atoms with Gasteiger partial charge in [0.25, 0.3) is 0 Å². The molecule has 0 saturated heterocycles. The number of allylic oxidation sites excluding steroid dienone is 4. The first-order valence-corrected chi connectivity index (χ1v) is 12.1. The van der Waals surface area contributed by atoms with Gasteiger partial charge in [-0.05, 0) is 100 Å². The molecule has 5 atom stereocenters. The zero-order valence-electron chi connectivity index (χ0n) is 19.3. The molecule has 2 N–H and O–H groups in total. The van der Waals surface area contributed by atoms with Gasteiger partial charge in [0, 0.05) is 0 Å². The molecule has 0 amide bonds. The van der Waals surface area contributed by atoms with E-state index in [1.54, 1.807) is 5.57 Å². The van der Waals surface area contributed by atoms with Crippen LogP contribution in [0.15, 0.2) is 35.5 Å². The molecule has 0 aliphatic heterocycles. The van der Waals surface area contributed by atoms with Crippen LogP contribution in [0.25, 0.3) is 0 Å². The van der Waals surface area contributed by atoms with E-state index in [-0.39, 0.29) is 6.10 Å². The van der Waals surface area contributed by atoms with Gasteiger partial charge in [-0.1, -0.05) is 56.6 Å². The average molecular weight is 401 g/mol. The molecule has 3 aliphatic rings. The molecule has 4 unspecified atom stereocenters. The maximum absolute atomic E-state index is 10.0. The smallest absolute Gasteiger partial charge is 0.0591 e. The van der Waals surface area contributed by atoms with Gasteiger partial charge in [0.1, 0.15) is 0 Å². The SMILES string of the molecule is C=C1CC[C@@H](O)C/C1=C/C=C1\CCCC2(C)C1CCC2C(C)CCCC(C)(C)O. The molecule has 0 aromatic rings. The van der Waals surface area contributed by atoms with Gasteiger partial charge in [-0.15, -0.1) is 0 Å². The lowest BCUT2D eigenvalue weighted by Gasteiger charge is -2.44. The number of aliphatic hydroxyl groups excluding tert-OH is 1. The fraction of sp³-hybridized carbons (Fsp3) is 0.778. The molecule has 3 saturated carbocycles. The highest BCUT2D eigenvalue weighted by Crippen LogP contribution is 2.60. The average Bonchev–Trinajstić information content (AvgIpc) is 2.99. The fourth-order valence-electron chi connectivity index (χ4n) is 6.67. The molecule has 3 fully saturated rings. The first kappa shape index (κ1) is 22.8. The van der Waals surface area contributed by atoms with Gasteiger partial charge in [-0.25, -0.2) is 0 Å². The molecule has 3 rings (SSSR count). The molecule has 29 heavy (non-hydrogen) atoms. The van der Waals surface area contributed by atoms with E-state index >= 15 is 0 Å². The molecule has 0 heterocycles. The van der Waals surface area contributed by atoms with Crippen molar-refractivity contribution in [3.8, 4) is 0 Å². The highest BCUT2D eigenvalue weighted by Gasteiger charge is 2.50. The summed E-state index contributed by atoms with van der Waals surface area (Å²) in [5.74, 6) is 2.26. The Morgan fingerprint density at radius 2 is 1.97 bits per heavy atom. The van der Waals surface area contributed by atoms with Crippen molar-refractivity contribution in [1.29, 1.82) is 0 Å². The minimum Gasteiger partial charge on any atom is -0.393 e. The molecule has 164 valence electrons. The second kappa shape index (κ2) is 9.10. The molecule has 0 bridgehead atoms. The van der Waals surface area contributed by atoms with Crippen LogP contribution in [-0.4, -0.2) is 21.9 Å². The number of hydrogen-bond donors (Lipinski definition) is 2. The number of aliphatic hydroxyl groups is 2. The zero-order valence-corrected chi connectivity index (χ0v) is 19.3. The van der Waals surface area contributed by atoms with E-state index in [0.717, 1.165) is 49.9 Å². The predicted molar refractivity (Wildman–Crippen MR) is 123 cm³/mol. The van der Waals surface area contributed by atoms with Gasteiger partial charge >= 0.3 is 0 Å². The third kappa shape index (κ3) is 5.44. The van der Waals surface area contributed by atoms with E-state index in [4.69, 9.17) is 0 Å². The molecule has 2 heteroatoms. The summed E-state index contributed by atoms with van der Waals surface area (Å²) in [6.07, 6.45) is 16.9. The van der Waals surface area contributed by atoms with Crippen LogP contribution in [0.5, 0.6) is 0 Å². The number of fused-ring (bicyclic) bond motifs is 1. The van der Waals surface area contributed by atoms with E-state index in [1.807, 2.05) is 13.8 Å². The van der Waals surface area contributed by atoms with Crippen LogP contribution in [0.1, 0.15) is 98.3 Å². The minimum atomic E-state index is -0.535. The van der Waals surface area contributed by atoms with Crippen LogP contribution in [-0.2, 0) is 0 Å². The molecule has 0 aromatic carbocycles. The summed E-state index contributed by atoms with van der Waals surface area (Å²) < 4.78 is 0. The topological polar surface area (TPSA) is 40.5 Å². The van der Waals surface area contributed by atoms with Crippen LogP contribution in [0, 0.1) is 23.2 Å². The van der Waals surface area contributed by atoms with E-state index in [2.05, 4.69) is 32.6 Å². The summed E-state index contributed by atoms with van der Waals surface area (Å²) in [7, 11) is 0.